The number of hydrogen-bond donors (Lipinski definition) is 1. The Morgan fingerprint density at radius 3 is 2.64 bits per heavy atom. The maximum absolute atomic E-state index is 13.5. The summed E-state index contributed by atoms with van der Waals surface area (Å²) in [6.07, 6.45) is 1.40. The van der Waals surface area contributed by atoms with E-state index in [2.05, 4.69) is 10.3 Å². The maximum Gasteiger partial charge on any atom is 0.280 e. The quantitative estimate of drug-likeness (QED) is 0.870. The first-order valence-electron chi connectivity index (χ1n) is 6.43. The average Bonchev–Trinajstić information content (AvgIpc) is 2.75. The van der Waals surface area contributed by atoms with Gasteiger partial charge < -0.3 is 5.32 Å². The lowest BCUT2D eigenvalue weighted by Gasteiger charge is -2.13. The number of rotatable bonds is 3. The zero-order valence-electron chi connectivity index (χ0n) is 11.2. The first-order chi connectivity index (χ1) is 10.6. The Morgan fingerprint density at radius 2 is 1.91 bits per heavy atom. The number of halogens is 1. The van der Waals surface area contributed by atoms with Crippen LogP contribution in [0.2, 0.25) is 0 Å². The molecule has 1 aromatic carbocycles. The fourth-order valence-corrected chi connectivity index (χ4v) is 2.15. The van der Waals surface area contributed by atoms with E-state index in [1.807, 2.05) is 0 Å². The number of pyridine rings is 1. The second-order valence-corrected chi connectivity index (χ2v) is 4.62. The summed E-state index contributed by atoms with van der Waals surface area (Å²) in [4.78, 5) is 40.7. The van der Waals surface area contributed by atoms with Crippen molar-refractivity contribution in [2.24, 2.45) is 0 Å². The highest BCUT2D eigenvalue weighted by Crippen LogP contribution is 2.20. The number of nitrogens with zero attached hydrogens (tertiary/aromatic N) is 2. The van der Waals surface area contributed by atoms with Crippen molar-refractivity contribution in [2.75, 3.05) is 11.9 Å². The number of carbonyl (C=O) groups is 3. The third-order valence-corrected chi connectivity index (χ3v) is 3.18. The molecule has 0 unspecified atom stereocenters. The molecule has 110 valence electrons. The van der Waals surface area contributed by atoms with Crippen molar-refractivity contribution >= 4 is 23.4 Å². The number of amides is 3. The van der Waals surface area contributed by atoms with Crippen LogP contribution in [0.25, 0.3) is 0 Å². The van der Waals surface area contributed by atoms with Gasteiger partial charge in [0.05, 0.1) is 11.3 Å². The lowest BCUT2D eigenvalue weighted by atomic mass is 10.2. The van der Waals surface area contributed by atoms with Gasteiger partial charge in [0.2, 0.25) is 5.91 Å². The Hall–Kier alpha value is -3.09. The van der Waals surface area contributed by atoms with Gasteiger partial charge in [0.15, 0.2) is 0 Å². The van der Waals surface area contributed by atoms with Crippen LogP contribution in [-0.2, 0) is 4.79 Å². The van der Waals surface area contributed by atoms with Crippen LogP contribution in [0.5, 0.6) is 0 Å². The first-order valence-corrected chi connectivity index (χ1v) is 6.43. The highest BCUT2D eigenvalue weighted by molar-refractivity contribution is 6.21. The van der Waals surface area contributed by atoms with E-state index >= 15 is 0 Å². The number of anilines is 1. The van der Waals surface area contributed by atoms with E-state index in [0.29, 0.717) is 0 Å². The van der Waals surface area contributed by atoms with Gasteiger partial charge in [-0.15, -0.1) is 0 Å². The summed E-state index contributed by atoms with van der Waals surface area (Å²) in [5, 5.41) is 2.32. The van der Waals surface area contributed by atoms with Gasteiger partial charge in [0, 0.05) is 6.20 Å². The predicted molar refractivity (Wildman–Crippen MR) is 74.6 cm³/mol. The minimum Gasteiger partial charge on any atom is -0.322 e. The van der Waals surface area contributed by atoms with Gasteiger partial charge in [-0.2, -0.15) is 0 Å². The lowest BCUT2D eigenvalue weighted by molar-refractivity contribution is -0.116. The summed E-state index contributed by atoms with van der Waals surface area (Å²) < 4.78 is 13.5. The minimum atomic E-state index is -0.667. The molecule has 6 nitrogen and oxygen atoms in total. The normalized spacial score (nSPS) is 13.2. The van der Waals surface area contributed by atoms with Crippen molar-refractivity contribution in [1.29, 1.82) is 0 Å². The van der Waals surface area contributed by atoms with Crippen LogP contribution in [0.4, 0.5) is 10.1 Å². The van der Waals surface area contributed by atoms with Gasteiger partial charge in [-0.3, -0.25) is 24.3 Å². The Labute approximate surface area is 124 Å². The van der Waals surface area contributed by atoms with Crippen LogP contribution in [0, 0.1) is 5.82 Å². The lowest BCUT2D eigenvalue weighted by Crippen LogP contribution is -2.37. The molecule has 0 saturated carbocycles. The summed E-state index contributed by atoms with van der Waals surface area (Å²) in [5.74, 6) is -2.49. The zero-order chi connectivity index (χ0) is 15.7. The monoisotopic (exact) mass is 299 g/mol. The van der Waals surface area contributed by atoms with Crippen molar-refractivity contribution in [2.45, 2.75) is 0 Å². The third kappa shape index (κ3) is 2.32. The summed E-state index contributed by atoms with van der Waals surface area (Å²) in [6, 6.07) is 8.63. The number of imide groups is 1. The number of hydrogen-bond acceptors (Lipinski definition) is 4. The van der Waals surface area contributed by atoms with Crippen molar-refractivity contribution in [3.8, 4) is 0 Å². The topological polar surface area (TPSA) is 79.4 Å². The molecule has 1 aliphatic heterocycles. The van der Waals surface area contributed by atoms with Gasteiger partial charge >= 0.3 is 0 Å². The van der Waals surface area contributed by atoms with Crippen LogP contribution >= 0.6 is 0 Å². The minimum absolute atomic E-state index is 0.0118. The molecule has 3 amide bonds. The van der Waals surface area contributed by atoms with Crippen molar-refractivity contribution in [3.63, 3.8) is 0 Å². The second kappa shape index (κ2) is 5.36. The van der Waals surface area contributed by atoms with E-state index in [1.54, 1.807) is 6.07 Å². The Balaban J connectivity index is 1.75. The zero-order valence-corrected chi connectivity index (χ0v) is 11.2. The number of nitrogens with one attached hydrogen (secondary N) is 1. The van der Waals surface area contributed by atoms with E-state index in [0.717, 1.165) is 4.90 Å². The molecule has 0 fully saturated rings. The Morgan fingerprint density at radius 1 is 1.14 bits per heavy atom. The maximum atomic E-state index is 13.5. The smallest absolute Gasteiger partial charge is 0.280 e. The third-order valence-electron chi connectivity index (χ3n) is 3.18. The number of aromatic nitrogens is 1. The van der Waals surface area contributed by atoms with Crippen LogP contribution in [0.3, 0.4) is 0 Å². The van der Waals surface area contributed by atoms with Gasteiger partial charge in [-0.05, 0) is 24.3 Å². The highest BCUT2D eigenvalue weighted by Gasteiger charge is 2.37. The Bertz CT molecular complexity index is 756. The number of carbonyl (C=O) groups excluding carboxylic acids is 3. The number of fused-ring (bicyclic) bond motifs is 1. The summed E-state index contributed by atoms with van der Waals surface area (Å²) >= 11 is 0. The van der Waals surface area contributed by atoms with E-state index in [-0.39, 0.29) is 16.9 Å². The second-order valence-electron chi connectivity index (χ2n) is 4.62. The van der Waals surface area contributed by atoms with Crippen LogP contribution in [-0.4, -0.2) is 34.2 Å². The largest absolute Gasteiger partial charge is 0.322 e. The van der Waals surface area contributed by atoms with Gasteiger partial charge in [0.1, 0.15) is 18.1 Å². The first kappa shape index (κ1) is 13.9. The van der Waals surface area contributed by atoms with Crippen molar-refractivity contribution in [3.05, 3.63) is 59.7 Å². The van der Waals surface area contributed by atoms with E-state index in [1.165, 1.54) is 36.5 Å². The van der Waals surface area contributed by atoms with Gasteiger partial charge in [-0.1, -0.05) is 12.1 Å². The fraction of sp³-hybridized carbons (Fsp3) is 0.0667. The SMILES string of the molecule is O=C(CN1C(=O)c2cccnc2C1=O)Nc1ccccc1F. The Kier molecular flexibility index (Phi) is 3.38. The molecule has 2 aromatic rings. The molecule has 1 N–H and O–H groups in total. The molecule has 3 rings (SSSR count). The highest BCUT2D eigenvalue weighted by atomic mass is 19.1. The average molecular weight is 299 g/mol. The molecule has 0 spiro atoms. The molecular weight excluding hydrogens is 289 g/mol. The van der Waals surface area contributed by atoms with E-state index in [4.69, 9.17) is 0 Å². The van der Waals surface area contributed by atoms with E-state index in [9.17, 15) is 18.8 Å². The summed E-state index contributed by atoms with van der Waals surface area (Å²) in [7, 11) is 0. The van der Waals surface area contributed by atoms with E-state index < -0.39 is 30.1 Å². The van der Waals surface area contributed by atoms with Crippen molar-refractivity contribution < 1.29 is 18.8 Å². The van der Waals surface area contributed by atoms with Gasteiger partial charge in [-0.25, -0.2) is 4.39 Å². The fourth-order valence-electron chi connectivity index (χ4n) is 2.15. The standard InChI is InChI=1S/C15H10FN3O3/c16-10-5-1-2-6-11(10)18-12(20)8-19-14(21)9-4-3-7-17-13(9)15(19)22/h1-7H,8H2,(H,18,20). The van der Waals surface area contributed by atoms with Crippen LogP contribution in [0.1, 0.15) is 20.8 Å². The van der Waals surface area contributed by atoms with Gasteiger partial charge in [0.25, 0.3) is 11.8 Å². The number of benzene rings is 1. The molecule has 0 bridgehead atoms. The molecule has 0 saturated heterocycles. The predicted octanol–water partition coefficient (Wildman–Crippen LogP) is 1.46. The summed E-state index contributed by atoms with van der Waals surface area (Å²) in [5.41, 5.74) is 0.166. The van der Waals surface area contributed by atoms with Crippen LogP contribution < -0.4 is 5.32 Å². The molecular formula is C15H10FN3O3. The molecule has 0 atom stereocenters. The molecule has 0 radical (unpaired) electrons. The van der Waals surface area contributed by atoms with Crippen LogP contribution in [0.15, 0.2) is 42.6 Å². The molecule has 7 heteroatoms. The summed E-state index contributed by atoms with van der Waals surface area (Å²) in [6.45, 7) is -0.498. The van der Waals surface area contributed by atoms with Crippen molar-refractivity contribution in [1.82, 2.24) is 9.88 Å². The number of para-hydroxylation sites is 1. The molecule has 0 aliphatic carbocycles. The molecule has 22 heavy (non-hydrogen) atoms. The molecule has 2 heterocycles. The molecule has 1 aromatic heterocycles. The molecule has 1 aliphatic rings.